The third-order valence-corrected chi connectivity index (χ3v) is 10.1. The van der Waals surface area contributed by atoms with E-state index in [2.05, 4.69) is 15.2 Å². The molecule has 6 rings (SSSR count). The molecule has 11 nitrogen and oxygen atoms in total. The van der Waals surface area contributed by atoms with Gasteiger partial charge in [-0.1, -0.05) is 59.0 Å². The Balaban J connectivity index is 1.51. The van der Waals surface area contributed by atoms with Crippen LogP contribution >= 0.6 is 34.7 Å². The molecule has 1 unspecified atom stereocenters. The second-order valence-electron chi connectivity index (χ2n) is 10.3. The normalized spacial score (nSPS) is 16.0. The van der Waals surface area contributed by atoms with E-state index in [-0.39, 0.29) is 16.4 Å². The second kappa shape index (κ2) is 12.7. The second-order valence-corrected chi connectivity index (χ2v) is 12.9. The number of thioether (sulfide) groups is 1. The fourth-order valence-electron chi connectivity index (χ4n) is 5.39. The van der Waals surface area contributed by atoms with Gasteiger partial charge in [-0.05, 0) is 54.8 Å². The molecule has 2 aromatic carbocycles. The lowest BCUT2D eigenvalue weighted by atomic mass is 9.95. The number of hydrogen-bond donors (Lipinski definition) is 1. The van der Waals surface area contributed by atoms with Gasteiger partial charge < -0.3 is 23.7 Å². The number of methoxy groups -OCH3 is 3. The lowest BCUT2D eigenvalue weighted by Crippen LogP contribution is -2.29. The first-order chi connectivity index (χ1) is 22.2. The topological polar surface area (TPSA) is 128 Å². The molecule has 5 aromatic rings. The van der Waals surface area contributed by atoms with E-state index in [0.29, 0.717) is 49.3 Å². The Hall–Kier alpha value is -4.59. The molecule has 1 fully saturated rings. The van der Waals surface area contributed by atoms with E-state index in [0.717, 1.165) is 22.5 Å². The summed E-state index contributed by atoms with van der Waals surface area (Å²) in [6.45, 7) is 3.68. The average Bonchev–Trinajstić information content (AvgIpc) is 3.74. The summed E-state index contributed by atoms with van der Waals surface area (Å²) >= 11 is 8.88. The number of aryl methyl sites for hydroxylation is 2. The molecule has 3 aromatic heterocycles. The maximum absolute atomic E-state index is 13.9. The van der Waals surface area contributed by atoms with Crippen LogP contribution in [0.5, 0.6) is 17.2 Å². The van der Waals surface area contributed by atoms with Crippen LogP contribution in [0.25, 0.3) is 11.4 Å². The molecule has 1 saturated heterocycles. The summed E-state index contributed by atoms with van der Waals surface area (Å²) in [5.74, 6) is -0.743. The fourth-order valence-corrected chi connectivity index (χ4v) is 7.54. The molecule has 0 aliphatic carbocycles. The molecule has 0 spiro atoms. The van der Waals surface area contributed by atoms with E-state index >= 15 is 0 Å². The average molecular weight is 678 g/mol. The zero-order chi connectivity index (χ0) is 32.7. The zero-order valence-electron chi connectivity index (χ0n) is 25.4. The lowest BCUT2D eigenvalue weighted by Gasteiger charge is -2.24. The van der Waals surface area contributed by atoms with Gasteiger partial charge in [0.2, 0.25) is 10.9 Å². The van der Waals surface area contributed by atoms with E-state index in [1.807, 2.05) is 53.9 Å². The van der Waals surface area contributed by atoms with Crippen LogP contribution < -0.4 is 19.1 Å². The van der Waals surface area contributed by atoms with Crippen molar-refractivity contribution >= 4 is 62.9 Å². The van der Waals surface area contributed by atoms with Gasteiger partial charge in [0, 0.05) is 17.0 Å². The van der Waals surface area contributed by atoms with Crippen LogP contribution in [-0.4, -0.2) is 57.7 Å². The molecule has 1 amide bonds. The summed E-state index contributed by atoms with van der Waals surface area (Å²) in [4.78, 5) is 33.6. The van der Waals surface area contributed by atoms with Crippen LogP contribution in [0.15, 0.2) is 64.6 Å². The minimum atomic E-state index is -1.13. The van der Waals surface area contributed by atoms with Crippen LogP contribution in [0.3, 0.4) is 0 Å². The number of Topliss-reactive ketones (excluding diaryl/α,β-unsaturated/α-hetero) is 1. The quantitative estimate of drug-likeness (QED) is 0.0615. The number of aromatic nitrogens is 4. The van der Waals surface area contributed by atoms with E-state index in [1.54, 1.807) is 19.1 Å². The molecule has 46 heavy (non-hydrogen) atoms. The Labute approximate surface area is 277 Å². The largest absolute Gasteiger partial charge is 0.505 e. The number of anilines is 1. The molecule has 1 aliphatic rings. The van der Waals surface area contributed by atoms with Gasteiger partial charge >= 0.3 is 5.91 Å². The van der Waals surface area contributed by atoms with Crippen molar-refractivity contribution in [1.82, 2.24) is 19.6 Å². The number of hydrogen-bond acceptors (Lipinski definition) is 11. The van der Waals surface area contributed by atoms with E-state index in [1.165, 1.54) is 38.0 Å². The van der Waals surface area contributed by atoms with E-state index in [9.17, 15) is 14.7 Å². The number of halogens is 1. The number of carbonyl (C=O) groups excluding carboxylic acids is 2. The number of carbonyl (C=O) groups is 2. The standard InChI is InChI=1S/C32H28ClN5O6S2/c1-16-9-8-12-37-17(2)24(34-29(16)37)26(39)23-25(19-13-21(42-3)28(44-5)22(14-19)43-4)38(30(41)27(23)40)31-35-36-32(46-31)45-15-18-10-6-7-11-20(18)33/h6-14,25,39H,15H2,1-5H3. The number of ether oxygens (including phenoxy) is 3. The highest BCUT2D eigenvalue weighted by molar-refractivity contribution is 8.00. The third kappa shape index (κ3) is 5.33. The van der Waals surface area contributed by atoms with Crippen molar-refractivity contribution in [3.8, 4) is 17.2 Å². The molecular weight excluding hydrogens is 650 g/mol. The Morgan fingerprint density at radius 2 is 1.74 bits per heavy atom. The molecule has 236 valence electrons. The SMILES string of the molecule is COc1cc(C2C(=C(O)c3nc4c(C)cccn4c3C)C(=O)C(=O)N2c2nnc(SCc3ccccc3Cl)s2)cc(OC)c1OC. The van der Waals surface area contributed by atoms with Crippen molar-refractivity contribution in [3.63, 3.8) is 0 Å². The van der Waals surface area contributed by atoms with Crippen LogP contribution in [0.1, 0.15) is 34.1 Å². The van der Waals surface area contributed by atoms with Crippen LogP contribution in [0.4, 0.5) is 5.13 Å². The molecule has 0 bridgehead atoms. The zero-order valence-corrected chi connectivity index (χ0v) is 27.8. The molecule has 1 N–H and O–H groups in total. The highest BCUT2D eigenvalue weighted by Crippen LogP contribution is 2.48. The molecule has 1 atom stereocenters. The number of amides is 1. The molecule has 0 saturated carbocycles. The maximum atomic E-state index is 13.9. The minimum absolute atomic E-state index is 0.163. The number of rotatable bonds is 9. The fraction of sp³-hybridized carbons (Fsp3) is 0.219. The number of aliphatic hydroxyl groups excluding tert-OH is 1. The van der Waals surface area contributed by atoms with Crippen molar-refractivity contribution < 1.29 is 28.9 Å². The Morgan fingerprint density at radius 3 is 2.39 bits per heavy atom. The van der Waals surface area contributed by atoms with Crippen molar-refractivity contribution in [2.24, 2.45) is 0 Å². The summed E-state index contributed by atoms with van der Waals surface area (Å²) in [7, 11) is 4.41. The van der Waals surface area contributed by atoms with Crippen molar-refractivity contribution in [1.29, 1.82) is 0 Å². The number of fused-ring (bicyclic) bond motifs is 1. The molecule has 4 heterocycles. The number of benzene rings is 2. The predicted molar refractivity (Wildman–Crippen MR) is 176 cm³/mol. The third-order valence-electron chi connectivity index (χ3n) is 7.67. The molecule has 0 radical (unpaired) electrons. The number of aliphatic hydroxyl groups is 1. The summed E-state index contributed by atoms with van der Waals surface area (Å²) < 4.78 is 19.1. The summed E-state index contributed by atoms with van der Waals surface area (Å²) in [6, 6.07) is 13.4. The number of ketones is 1. The van der Waals surface area contributed by atoms with Gasteiger partial charge in [0.05, 0.1) is 38.6 Å². The molecule has 1 aliphatic heterocycles. The molecular formula is C32H28ClN5O6S2. The Morgan fingerprint density at radius 1 is 1.02 bits per heavy atom. The van der Waals surface area contributed by atoms with E-state index < -0.39 is 23.5 Å². The van der Waals surface area contributed by atoms with Gasteiger partial charge in [-0.3, -0.25) is 14.5 Å². The van der Waals surface area contributed by atoms with Crippen molar-refractivity contribution in [2.75, 3.05) is 26.2 Å². The van der Waals surface area contributed by atoms with Crippen LogP contribution in [0, 0.1) is 13.8 Å². The van der Waals surface area contributed by atoms with Crippen molar-refractivity contribution in [2.45, 2.75) is 30.0 Å². The maximum Gasteiger partial charge on any atom is 0.301 e. The van der Waals surface area contributed by atoms with Gasteiger partial charge in [-0.2, -0.15) is 0 Å². The number of nitrogens with zero attached hydrogens (tertiary/aromatic N) is 5. The summed E-state index contributed by atoms with van der Waals surface area (Å²) in [6.07, 6.45) is 1.82. The Kier molecular flexibility index (Phi) is 8.64. The smallest absolute Gasteiger partial charge is 0.301 e. The van der Waals surface area contributed by atoms with E-state index in [4.69, 9.17) is 25.8 Å². The number of imidazole rings is 1. The van der Waals surface area contributed by atoms with Gasteiger partial charge in [0.25, 0.3) is 5.78 Å². The first-order valence-electron chi connectivity index (χ1n) is 13.9. The minimum Gasteiger partial charge on any atom is -0.505 e. The highest BCUT2D eigenvalue weighted by atomic mass is 35.5. The van der Waals surface area contributed by atoms with Gasteiger partial charge in [0.1, 0.15) is 11.3 Å². The first-order valence-corrected chi connectivity index (χ1v) is 16.1. The lowest BCUT2D eigenvalue weighted by molar-refractivity contribution is -0.132. The predicted octanol–water partition coefficient (Wildman–Crippen LogP) is 6.40. The first kappa shape index (κ1) is 31.4. The highest BCUT2D eigenvalue weighted by Gasteiger charge is 2.49. The molecule has 14 heteroatoms. The van der Waals surface area contributed by atoms with Gasteiger partial charge in [0.15, 0.2) is 21.6 Å². The van der Waals surface area contributed by atoms with Crippen LogP contribution in [-0.2, 0) is 15.3 Å². The summed E-state index contributed by atoms with van der Waals surface area (Å²) in [5.41, 5.74) is 3.43. The Bertz CT molecular complexity index is 2020. The summed E-state index contributed by atoms with van der Waals surface area (Å²) in [5, 5.41) is 21.2. The number of pyridine rings is 1. The van der Waals surface area contributed by atoms with Gasteiger partial charge in [-0.15, -0.1) is 10.2 Å². The van der Waals surface area contributed by atoms with Gasteiger partial charge in [-0.25, -0.2) is 4.98 Å². The monoisotopic (exact) mass is 677 g/mol. The van der Waals surface area contributed by atoms with Crippen molar-refractivity contribution in [3.05, 3.63) is 93.4 Å². The van der Waals surface area contributed by atoms with Crippen LogP contribution in [0.2, 0.25) is 5.02 Å².